The number of rotatable bonds is 3. The fourth-order valence-electron chi connectivity index (χ4n) is 5.72. The van der Waals surface area contributed by atoms with E-state index in [0.29, 0.717) is 54.5 Å². The van der Waals surface area contributed by atoms with Crippen LogP contribution in [0.1, 0.15) is 71.1 Å². The molecule has 1 fully saturated rings. The van der Waals surface area contributed by atoms with Gasteiger partial charge in [-0.25, -0.2) is 9.50 Å². The van der Waals surface area contributed by atoms with E-state index in [4.69, 9.17) is 14.2 Å². The molecule has 46 heavy (non-hydrogen) atoms. The van der Waals surface area contributed by atoms with Crippen LogP contribution in [0.25, 0.3) is 5.78 Å². The second kappa shape index (κ2) is 13.5. The van der Waals surface area contributed by atoms with Gasteiger partial charge in [-0.2, -0.15) is 10.1 Å². The van der Waals surface area contributed by atoms with Gasteiger partial charge >= 0.3 is 0 Å². The SMILES string of the molecule is COc1cc2cc(c1)C(=O)NCCCC(=O)N[C@H]1CN(C(=O)c3cc(C(C)C)n4ncnc4n3)CC[C@@H]1OCc1cccc(c1)O2. The first kappa shape index (κ1) is 31.0. The van der Waals surface area contributed by atoms with Crippen LogP contribution in [0.4, 0.5) is 0 Å². The molecular formula is C33H37N7O6. The van der Waals surface area contributed by atoms with Gasteiger partial charge in [0.1, 0.15) is 29.3 Å². The van der Waals surface area contributed by atoms with Crippen molar-refractivity contribution in [3.05, 3.63) is 77.4 Å². The molecule has 2 N–H and O–H groups in total. The Morgan fingerprint density at radius 2 is 1.98 bits per heavy atom. The highest BCUT2D eigenvalue weighted by molar-refractivity contribution is 5.95. The minimum absolute atomic E-state index is 0.0972. The van der Waals surface area contributed by atoms with Gasteiger partial charge in [0.2, 0.25) is 5.91 Å². The van der Waals surface area contributed by atoms with Crippen molar-refractivity contribution in [2.24, 2.45) is 0 Å². The Labute approximate surface area is 266 Å². The summed E-state index contributed by atoms with van der Waals surface area (Å²) in [5, 5.41) is 10.2. The molecule has 2 aromatic carbocycles. The maximum absolute atomic E-state index is 13.7. The highest BCUT2D eigenvalue weighted by Crippen LogP contribution is 2.29. The van der Waals surface area contributed by atoms with E-state index in [0.717, 1.165) is 11.3 Å². The summed E-state index contributed by atoms with van der Waals surface area (Å²) in [6.07, 6.45) is 2.21. The summed E-state index contributed by atoms with van der Waals surface area (Å²) in [6.45, 7) is 5.30. The molecule has 0 unspecified atom stereocenters. The summed E-state index contributed by atoms with van der Waals surface area (Å²) < 4.78 is 19.5. The molecule has 240 valence electrons. The van der Waals surface area contributed by atoms with Crippen LogP contribution in [0.15, 0.2) is 54.9 Å². The van der Waals surface area contributed by atoms with Crippen molar-refractivity contribution < 1.29 is 28.6 Å². The number of piperidine rings is 1. The third-order valence-electron chi connectivity index (χ3n) is 8.12. The number of hydrogen-bond acceptors (Lipinski definition) is 9. The van der Waals surface area contributed by atoms with Crippen molar-refractivity contribution >= 4 is 23.5 Å². The van der Waals surface area contributed by atoms with E-state index in [-0.39, 0.29) is 55.0 Å². The van der Waals surface area contributed by atoms with Gasteiger partial charge in [0, 0.05) is 37.7 Å². The van der Waals surface area contributed by atoms with Crippen LogP contribution < -0.4 is 20.1 Å². The average molecular weight is 628 g/mol. The molecule has 4 bridgehead atoms. The summed E-state index contributed by atoms with van der Waals surface area (Å²) in [6, 6.07) is 13.8. The molecule has 13 heteroatoms. The minimum atomic E-state index is -0.452. The van der Waals surface area contributed by atoms with Gasteiger partial charge in [0.25, 0.3) is 17.6 Å². The number of benzene rings is 2. The number of hydrogen-bond donors (Lipinski definition) is 2. The van der Waals surface area contributed by atoms with E-state index in [2.05, 4.69) is 25.7 Å². The lowest BCUT2D eigenvalue weighted by atomic mass is 10.0. The van der Waals surface area contributed by atoms with Gasteiger partial charge < -0.3 is 29.7 Å². The van der Waals surface area contributed by atoms with Crippen molar-refractivity contribution in [3.63, 3.8) is 0 Å². The lowest BCUT2D eigenvalue weighted by Crippen LogP contribution is -2.57. The van der Waals surface area contributed by atoms with Gasteiger partial charge in [0.15, 0.2) is 0 Å². The lowest BCUT2D eigenvalue weighted by molar-refractivity contribution is -0.124. The van der Waals surface area contributed by atoms with Crippen LogP contribution in [0, 0.1) is 0 Å². The Bertz CT molecular complexity index is 1760. The van der Waals surface area contributed by atoms with Crippen molar-refractivity contribution in [1.29, 1.82) is 0 Å². The van der Waals surface area contributed by atoms with Crippen LogP contribution in [0.2, 0.25) is 0 Å². The van der Waals surface area contributed by atoms with E-state index in [1.807, 2.05) is 38.1 Å². The topological polar surface area (TPSA) is 149 Å². The number of carbonyl (C=O) groups is 3. The Morgan fingerprint density at radius 3 is 2.80 bits per heavy atom. The third-order valence-corrected chi connectivity index (χ3v) is 8.12. The molecule has 0 radical (unpaired) electrons. The molecule has 0 spiro atoms. The number of likely N-dealkylation sites (tertiary alicyclic amines) is 1. The molecule has 2 aliphatic rings. The van der Waals surface area contributed by atoms with Gasteiger partial charge in [-0.05, 0) is 54.7 Å². The predicted molar refractivity (Wildman–Crippen MR) is 167 cm³/mol. The Balaban J connectivity index is 1.23. The monoisotopic (exact) mass is 627 g/mol. The number of methoxy groups -OCH3 is 1. The second-order valence-electron chi connectivity index (χ2n) is 11.8. The maximum atomic E-state index is 13.7. The molecule has 1 saturated heterocycles. The predicted octanol–water partition coefficient (Wildman–Crippen LogP) is 3.49. The first-order valence-corrected chi connectivity index (χ1v) is 15.4. The summed E-state index contributed by atoms with van der Waals surface area (Å²) in [5.41, 5.74) is 2.37. The van der Waals surface area contributed by atoms with Gasteiger partial charge in [-0.1, -0.05) is 26.0 Å². The Morgan fingerprint density at radius 1 is 1.11 bits per heavy atom. The molecule has 2 aromatic heterocycles. The smallest absolute Gasteiger partial charge is 0.272 e. The zero-order valence-electron chi connectivity index (χ0n) is 26.1. The molecule has 3 amide bonds. The average Bonchev–Trinajstić information content (AvgIpc) is 3.53. The van der Waals surface area contributed by atoms with Gasteiger partial charge in [-0.3, -0.25) is 14.4 Å². The molecule has 0 aliphatic carbocycles. The van der Waals surface area contributed by atoms with E-state index in [1.165, 1.54) is 13.4 Å². The molecule has 2 atom stereocenters. The number of ether oxygens (including phenoxy) is 3. The fraction of sp³-hybridized carbons (Fsp3) is 0.394. The minimum Gasteiger partial charge on any atom is -0.497 e. The molecule has 6 rings (SSSR count). The van der Waals surface area contributed by atoms with E-state index in [9.17, 15) is 14.4 Å². The van der Waals surface area contributed by atoms with Crippen LogP contribution in [0.5, 0.6) is 17.2 Å². The largest absolute Gasteiger partial charge is 0.497 e. The summed E-state index contributed by atoms with van der Waals surface area (Å²) in [7, 11) is 1.53. The Hall–Kier alpha value is -5.04. The summed E-state index contributed by atoms with van der Waals surface area (Å²) in [5.74, 6) is 1.25. The molecule has 2 aliphatic heterocycles. The van der Waals surface area contributed by atoms with Crippen LogP contribution in [0.3, 0.4) is 0 Å². The zero-order chi connectivity index (χ0) is 32.2. The number of fused-ring (bicyclic) bond motifs is 6. The quantitative estimate of drug-likeness (QED) is 0.348. The van der Waals surface area contributed by atoms with E-state index in [1.54, 1.807) is 33.7 Å². The summed E-state index contributed by atoms with van der Waals surface area (Å²) in [4.78, 5) is 50.2. The number of nitrogens with one attached hydrogen (secondary N) is 2. The van der Waals surface area contributed by atoms with Crippen molar-refractivity contribution in [1.82, 2.24) is 35.1 Å². The highest BCUT2D eigenvalue weighted by Gasteiger charge is 2.34. The number of carbonyl (C=O) groups excluding carboxylic acids is 3. The molecular weight excluding hydrogens is 590 g/mol. The molecule has 4 aromatic rings. The van der Waals surface area contributed by atoms with E-state index < -0.39 is 6.04 Å². The zero-order valence-corrected chi connectivity index (χ0v) is 26.1. The number of aromatic nitrogens is 4. The first-order valence-electron chi connectivity index (χ1n) is 15.4. The highest BCUT2D eigenvalue weighted by atomic mass is 16.5. The molecule has 13 nitrogen and oxygen atoms in total. The van der Waals surface area contributed by atoms with Crippen LogP contribution in [-0.4, -0.2) is 81.1 Å². The fourth-order valence-corrected chi connectivity index (χ4v) is 5.72. The number of nitrogens with zero attached hydrogens (tertiary/aromatic N) is 5. The maximum Gasteiger partial charge on any atom is 0.272 e. The van der Waals surface area contributed by atoms with Crippen LogP contribution >= 0.6 is 0 Å². The molecule has 0 saturated carbocycles. The number of amides is 3. The Kier molecular flexibility index (Phi) is 9.11. The van der Waals surface area contributed by atoms with Gasteiger partial charge in [0.05, 0.1) is 31.6 Å². The first-order chi connectivity index (χ1) is 22.3. The molecule has 4 heterocycles. The summed E-state index contributed by atoms with van der Waals surface area (Å²) >= 11 is 0. The van der Waals surface area contributed by atoms with Crippen molar-refractivity contribution in [3.8, 4) is 17.2 Å². The standard InChI is InChI=1S/C33H37N7O6/c1-20(2)28-16-26(38-33-35-19-36-40(28)33)32(43)39-11-9-29-27(17-39)37-30(41)8-5-10-34-31(42)22-13-24(44-3)15-25(14-22)46-23-7-4-6-21(12-23)18-45-29/h4,6-7,12-16,19-20,27,29H,5,8-11,17-18H2,1-3H3,(H,34,42)(H,37,41)/t27-,29-/m0/s1. The van der Waals surface area contributed by atoms with Crippen molar-refractivity contribution in [2.45, 2.75) is 57.8 Å². The third kappa shape index (κ3) is 6.94. The van der Waals surface area contributed by atoms with Gasteiger partial charge in [-0.15, -0.1) is 0 Å². The normalized spacial score (nSPS) is 19.3. The van der Waals surface area contributed by atoms with Crippen LogP contribution in [-0.2, 0) is 16.1 Å². The second-order valence-corrected chi connectivity index (χ2v) is 11.8. The lowest BCUT2D eigenvalue weighted by Gasteiger charge is -2.38. The van der Waals surface area contributed by atoms with E-state index >= 15 is 0 Å². The van der Waals surface area contributed by atoms with Crippen molar-refractivity contribution in [2.75, 3.05) is 26.7 Å².